The highest BCUT2D eigenvalue weighted by molar-refractivity contribution is 5.32. The first-order chi connectivity index (χ1) is 10.3. The molecule has 0 unspecified atom stereocenters. The molecular formula is C19H23NO. The first-order valence-corrected chi connectivity index (χ1v) is 7.83. The van der Waals surface area contributed by atoms with Crippen LogP contribution in [0.15, 0.2) is 54.6 Å². The highest BCUT2D eigenvalue weighted by Gasteiger charge is 2.19. The van der Waals surface area contributed by atoms with E-state index in [-0.39, 0.29) is 0 Å². The number of para-hydroxylation sites is 1. The zero-order valence-corrected chi connectivity index (χ0v) is 12.7. The van der Waals surface area contributed by atoms with E-state index in [4.69, 9.17) is 4.74 Å². The molecule has 2 aromatic rings. The lowest BCUT2D eigenvalue weighted by Crippen LogP contribution is -2.28. The van der Waals surface area contributed by atoms with Gasteiger partial charge in [-0.2, -0.15) is 0 Å². The van der Waals surface area contributed by atoms with E-state index in [2.05, 4.69) is 36.2 Å². The van der Waals surface area contributed by atoms with Gasteiger partial charge in [-0.05, 0) is 49.7 Å². The maximum absolute atomic E-state index is 5.82. The molecule has 0 N–H and O–H groups in total. The van der Waals surface area contributed by atoms with Crippen LogP contribution in [-0.4, -0.2) is 18.0 Å². The molecule has 0 spiro atoms. The number of ether oxygens (including phenoxy) is 1. The summed E-state index contributed by atoms with van der Waals surface area (Å²) in [6.45, 7) is 1.02. The van der Waals surface area contributed by atoms with Crippen LogP contribution in [-0.2, 0) is 6.54 Å². The molecule has 1 fully saturated rings. The lowest BCUT2D eigenvalue weighted by molar-refractivity contribution is 0.237. The summed E-state index contributed by atoms with van der Waals surface area (Å²) in [4.78, 5) is 2.49. The summed E-state index contributed by atoms with van der Waals surface area (Å²) in [5.41, 5.74) is 1.35. The minimum Gasteiger partial charge on any atom is -0.457 e. The first kappa shape index (κ1) is 14.2. The summed E-state index contributed by atoms with van der Waals surface area (Å²) >= 11 is 0. The minimum atomic E-state index is 0.769. The van der Waals surface area contributed by atoms with Gasteiger partial charge in [0.2, 0.25) is 0 Å². The normalized spacial score (nSPS) is 15.5. The van der Waals surface area contributed by atoms with Crippen molar-refractivity contribution in [3.63, 3.8) is 0 Å². The molecule has 0 bridgehead atoms. The predicted octanol–water partition coefficient (Wildman–Crippen LogP) is 4.85. The largest absolute Gasteiger partial charge is 0.457 e. The van der Waals surface area contributed by atoms with Crippen LogP contribution in [0, 0.1) is 0 Å². The average molecular weight is 281 g/mol. The van der Waals surface area contributed by atoms with E-state index < -0.39 is 0 Å². The summed E-state index contributed by atoms with van der Waals surface area (Å²) < 4.78 is 5.82. The van der Waals surface area contributed by atoms with Gasteiger partial charge in [-0.15, -0.1) is 0 Å². The molecule has 0 aliphatic heterocycles. The third-order valence-corrected chi connectivity index (χ3v) is 4.28. The van der Waals surface area contributed by atoms with Crippen molar-refractivity contribution in [2.75, 3.05) is 7.05 Å². The van der Waals surface area contributed by atoms with Gasteiger partial charge in [-0.25, -0.2) is 0 Å². The van der Waals surface area contributed by atoms with Crippen LogP contribution in [0.25, 0.3) is 0 Å². The summed E-state index contributed by atoms with van der Waals surface area (Å²) in [5, 5.41) is 0. The SMILES string of the molecule is CN(Cc1ccc(Oc2ccccc2)cc1)C1CCCC1. The molecule has 1 saturated carbocycles. The number of rotatable bonds is 5. The Morgan fingerprint density at radius 1 is 0.905 bits per heavy atom. The van der Waals surface area contributed by atoms with Crippen molar-refractivity contribution in [2.24, 2.45) is 0 Å². The van der Waals surface area contributed by atoms with E-state index in [1.165, 1.54) is 31.2 Å². The van der Waals surface area contributed by atoms with Crippen molar-refractivity contribution >= 4 is 0 Å². The highest BCUT2D eigenvalue weighted by atomic mass is 16.5. The van der Waals surface area contributed by atoms with E-state index in [9.17, 15) is 0 Å². The van der Waals surface area contributed by atoms with Crippen molar-refractivity contribution in [1.82, 2.24) is 4.90 Å². The molecule has 0 aromatic heterocycles. The van der Waals surface area contributed by atoms with E-state index in [1.54, 1.807) is 0 Å². The van der Waals surface area contributed by atoms with Crippen LogP contribution < -0.4 is 4.74 Å². The predicted molar refractivity (Wildman–Crippen MR) is 86.7 cm³/mol. The molecule has 21 heavy (non-hydrogen) atoms. The third kappa shape index (κ3) is 3.85. The zero-order chi connectivity index (χ0) is 14.5. The quantitative estimate of drug-likeness (QED) is 0.776. The van der Waals surface area contributed by atoms with Gasteiger partial charge in [-0.3, -0.25) is 4.90 Å². The maximum atomic E-state index is 5.82. The number of hydrogen-bond donors (Lipinski definition) is 0. The fourth-order valence-electron chi connectivity index (χ4n) is 3.05. The van der Waals surface area contributed by atoms with Crippen LogP contribution in [0.4, 0.5) is 0 Å². The smallest absolute Gasteiger partial charge is 0.127 e. The van der Waals surface area contributed by atoms with Gasteiger partial charge >= 0.3 is 0 Å². The van der Waals surface area contributed by atoms with Gasteiger partial charge in [0.05, 0.1) is 0 Å². The summed E-state index contributed by atoms with van der Waals surface area (Å²) in [6.07, 6.45) is 5.48. The van der Waals surface area contributed by atoms with Crippen molar-refractivity contribution < 1.29 is 4.74 Å². The molecule has 0 heterocycles. The molecule has 2 heteroatoms. The lowest BCUT2D eigenvalue weighted by atomic mass is 10.1. The second kappa shape index (κ2) is 6.77. The van der Waals surface area contributed by atoms with Crippen LogP contribution in [0.1, 0.15) is 31.2 Å². The Morgan fingerprint density at radius 2 is 1.52 bits per heavy atom. The Balaban J connectivity index is 1.58. The lowest BCUT2D eigenvalue weighted by Gasteiger charge is -2.24. The molecule has 1 aliphatic rings. The van der Waals surface area contributed by atoms with Crippen LogP contribution in [0.3, 0.4) is 0 Å². The van der Waals surface area contributed by atoms with Gasteiger partial charge in [0.25, 0.3) is 0 Å². The van der Waals surface area contributed by atoms with Gasteiger partial charge in [0.1, 0.15) is 11.5 Å². The molecule has 2 nitrogen and oxygen atoms in total. The molecule has 0 saturated heterocycles. The van der Waals surface area contributed by atoms with E-state index in [1.807, 2.05) is 30.3 Å². The third-order valence-electron chi connectivity index (χ3n) is 4.28. The maximum Gasteiger partial charge on any atom is 0.127 e. The molecule has 0 radical (unpaired) electrons. The van der Waals surface area contributed by atoms with Crippen molar-refractivity contribution in [3.8, 4) is 11.5 Å². The van der Waals surface area contributed by atoms with Crippen LogP contribution in [0.2, 0.25) is 0 Å². The van der Waals surface area contributed by atoms with E-state index in [0.717, 1.165) is 24.1 Å². The molecule has 3 rings (SSSR count). The topological polar surface area (TPSA) is 12.5 Å². The van der Waals surface area contributed by atoms with Gasteiger partial charge < -0.3 is 4.74 Å². The summed E-state index contributed by atoms with van der Waals surface area (Å²) in [6, 6.07) is 19.1. The highest BCUT2D eigenvalue weighted by Crippen LogP contribution is 2.25. The van der Waals surface area contributed by atoms with Crippen LogP contribution >= 0.6 is 0 Å². The Hall–Kier alpha value is -1.80. The minimum absolute atomic E-state index is 0.769. The second-order valence-corrected chi connectivity index (χ2v) is 5.91. The fraction of sp³-hybridized carbons (Fsp3) is 0.368. The van der Waals surface area contributed by atoms with Crippen molar-refractivity contribution in [2.45, 2.75) is 38.3 Å². The van der Waals surface area contributed by atoms with Gasteiger partial charge in [0, 0.05) is 12.6 Å². The molecule has 1 aliphatic carbocycles. The molecule has 0 amide bonds. The molecule has 0 atom stereocenters. The first-order valence-electron chi connectivity index (χ1n) is 7.83. The van der Waals surface area contributed by atoms with Gasteiger partial charge in [0.15, 0.2) is 0 Å². The van der Waals surface area contributed by atoms with Crippen LogP contribution in [0.5, 0.6) is 11.5 Å². The Labute approximate surface area is 127 Å². The van der Waals surface area contributed by atoms with E-state index >= 15 is 0 Å². The Bertz CT molecular complexity index is 544. The average Bonchev–Trinajstić information content (AvgIpc) is 3.05. The second-order valence-electron chi connectivity index (χ2n) is 5.91. The Morgan fingerprint density at radius 3 is 2.19 bits per heavy atom. The molecule has 110 valence electrons. The standard InChI is InChI=1S/C19H23NO/c1-20(17-7-5-6-8-17)15-16-11-13-19(14-12-16)21-18-9-3-2-4-10-18/h2-4,9-14,17H,5-8,15H2,1H3. The summed E-state index contributed by atoms with van der Waals surface area (Å²) in [7, 11) is 2.24. The summed E-state index contributed by atoms with van der Waals surface area (Å²) in [5.74, 6) is 1.78. The zero-order valence-electron chi connectivity index (χ0n) is 12.7. The molecule has 2 aromatic carbocycles. The van der Waals surface area contributed by atoms with Crippen molar-refractivity contribution in [3.05, 3.63) is 60.2 Å². The monoisotopic (exact) mass is 281 g/mol. The number of nitrogens with zero attached hydrogens (tertiary/aromatic N) is 1. The fourth-order valence-corrected chi connectivity index (χ4v) is 3.05. The van der Waals surface area contributed by atoms with Crippen molar-refractivity contribution in [1.29, 1.82) is 0 Å². The number of benzene rings is 2. The van der Waals surface area contributed by atoms with Gasteiger partial charge in [-0.1, -0.05) is 43.2 Å². The van der Waals surface area contributed by atoms with E-state index in [0.29, 0.717) is 0 Å². The Kier molecular flexibility index (Phi) is 4.56. The number of hydrogen-bond acceptors (Lipinski definition) is 2. The molecular weight excluding hydrogens is 258 g/mol.